The van der Waals surface area contributed by atoms with Crippen LogP contribution in [0, 0.1) is 21.8 Å². The summed E-state index contributed by atoms with van der Waals surface area (Å²) in [4.78, 5) is 10.3. The fourth-order valence-electron chi connectivity index (χ4n) is 3.48. The molecule has 2 aromatic rings. The molecular weight excluding hydrogens is 401 g/mol. The highest BCUT2D eigenvalue weighted by Crippen LogP contribution is 2.30. The Hall–Kier alpha value is -3.03. The quantitative estimate of drug-likeness (QED) is 0.255. The van der Waals surface area contributed by atoms with Crippen LogP contribution in [0.1, 0.15) is 49.8 Å². The Labute approximate surface area is 181 Å². The molecule has 2 rings (SSSR count). The van der Waals surface area contributed by atoms with Gasteiger partial charge in [0, 0.05) is 18.1 Å². The average molecular weight is 429 g/mol. The van der Waals surface area contributed by atoms with Crippen molar-refractivity contribution in [1.82, 2.24) is 0 Å². The summed E-state index contributed by atoms with van der Waals surface area (Å²) < 4.78 is 13.6. The highest BCUT2D eigenvalue weighted by atomic mass is 19.1. The second-order valence-electron chi connectivity index (χ2n) is 7.48. The van der Waals surface area contributed by atoms with Crippen LogP contribution in [0.4, 0.5) is 10.1 Å². The number of phenols is 1. The molecule has 7 heteroatoms. The smallest absolute Gasteiger partial charge is 0.269 e. The molecule has 0 bridgehead atoms. The number of non-ortho nitro benzene ring substituents is 1. The van der Waals surface area contributed by atoms with Crippen LogP contribution < -0.4 is 0 Å². The van der Waals surface area contributed by atoms with Crippen molar-refractivity contribution in [1.29, 1.82) is 0 Å². The lowest BCUT2D eigenvalue weighted by Crippen LogP contribution is -2.25. The van der Waals surface area contributed by atoms with Crippen molar-refractivity contribution >= 4 is 11.8 Å². The van der Waals surface area contributed by atoms with Crippen LogP contribution in [0.5, 0.6) is 5.75 Å². The van der Waals surface area contributed by atoms with E-state index in [1.54, 1.807) is 6.07 Å². The predicted octanol–water partition coefficient (Wildman–Crippen LogP) is 5.30. The van der Waals surface area contributed by atoms with Gasteiger partial charge in [0.05, 0.1) is 17.1 Å². The van der Waals surface area contributed by atoms with Crippen molar-refractivity contribution in [2.24, 2.45) is 5.92 Å². The molecular formula is C24H28FNO5. The predicted molar refractivity (Wildman–Crippen MR) is 118 cm³/mol. The minimum atomic E-state index is -1.06. The Kier molecular flexibility index (Phi) is 8.90. The first-order chi connectivity index (χ1) is 14.8. The Morgan fingerprint density at radius 1 is 1.19 bits per heavy atom. The van der Waals surface area contributed by atoms with E-state index in [1.807, 2.05) is 13.0 Å². The van der Waals surface area contributed by atoms with Gasteiger partial charge in [-0.25, -0.2) is 4.39 Å². The first-order valence-corrected chi connectivity index (χ1v) is 10.2. The number of nitrogens with zero attached hydrogens (tertiary/aromatic N) is 1. The number of nitro groups is 1. The Bertz CT molecular complexity index is 926. The summed E-state index contributed by atoms with van der Waals surface area (Å²) >= 11 is 0. The van der Waals surface area contributed by atoms with Gasteiger partial charge in [-0.05, 0) is 54.7 Å². The van der Waals surface area contributed by atoms with Gasteiger partial charge in [0.15, 0.2) is 11.6 Å². The third kappa shape index (κ3) is 6.73. The molecule has 6 nitrogen and oxygen atoms in total. The fourth-order valence-corrected chi connectivity index (χ4v) is 3.48. The number of aliphatic hydroxyl groups is 2. The molecule has 0 aliphatic rings. The van der Waals surface area contributed by atoms with E-state index in [9.17, 15) is 29.8 Å². The van der Waals surface area contributed by atoms with Crippen LogP contribution in [0.3, 0.4) is 0 Å². The molecule has 0 heterocycles. The van der Waals surface area contributed by atoms with Crippen molar-refractivity contribution in [3.8, 4) is 5.75 Å². The molecule has 3 atom stereocenters. The second-order valence-corrected chi connectivity index (χ2v) is 7.48. The van der Waals surface area contributed by atoms with Gasteiger partial charge in [0.25, 0.3) is 5.69 Å². The van der Waals surface area contributed by atoms with Gasteiger partial charge >= 0.3 is 0 Å². The van der Waals surface area contributed by atoms with Gasteiger partial charge in [0.2, 0.25) is 0 Å². The van der Waals surface area contributed by atoms with E-state index in [-0.39, 0.29) is 5.69 Å². The zero-order chi connectivity index (χ0) is 23.0. The normalized spacial score (nSPS) is 14.6. The highest BCUT2D eigenvalue weighted by Gasteiger charge is 2.26. The molecule has 0 unspecified atom stereocenters. The monoisotopic (exact) mass is 429 g/mol. The molecule has 0 saturated heterocycles. The number of hydrogen-bond acceptors (Lipinski definition) is 5. The first kappa shape index (κ1) is 24.2. The summed E-state index contributed by atoms with van der Waals surface area (Å²) in [6.07, 6.45) is 3.90. The maximum atomic E-state index is 13.6. The maximum Gasteiger partial charge on any atom is 0.269 e. The third-order valence-electron chi connectivity index (χ3n) is 5.20. The molecule has 0 amide bonds. The molecule has 0 spiro atoms. The number of allylic oxidation sites excluding steroid dienone is 1. The SMILES string of the molecule is C=C[C@H]([C@H](O)CC/C(=C/c1ccc(O)c(F)c1)CCC)[C@H](O)c1ccc([N+](=O)[O-])cc1. The minimum Gasteiger partial charge on any atom is -0.505 e. The van der Waals surface area contributed by atoms with Gasteiger partial charge in [0.1, 0.15) is 0 Å². The molecule has 3 N–H and O–H groups in total. The average Bonchev–Trinajstić information content (AvgIpc) is 2.75. The van der Waals surface area contributed by atoms with Crippen molar-refractivity contribution in [3.05, 3.63) is 87.8 Å². The molecule has 31 heavy (non-hydrogen) atoms. The lowest BCUT2D eigenvalue weighted by molar-refractivity contribution is -0.384. The van der Waals surface area contributed by atoms with E-state index in [2.05, 4.69) is 6.58 Å². The molecule has 2 aromatic carbocycles. The zero-order valence-corrected chi connectivity index (χ0v) is 17.4. The van der Waals surface area contributed by atoms with Crippen molar-refractivity contribution < 1.29 is 24.6 Å². The molecule has 0 aliphatic carbocycles. The topological polar surface area (TPSA) is 104 Å². The Morgan fingerprint density at radius 3 is 2.42 bits per heavy atom. The lowest BCUT2D eigenvalue weighted by Gasteiger charge is -2.25. The second kappa shape index (κ2) is 11.4. The number of phenolic OH excluding ortho intramolecular Hbond substituents is 1. The van der Waals surface area contributed by atoms with Gasteiger partial charge in [-0.1, -0.05) is 37.1 Å². The number of aromatic hydroxyl groups is 1. The molecule has 0 fully saturated rings. The van der Waals surface area contributed by atoms with E-state index in [0.29, 0.717) is 24.0 Å². The van der Waals surface area contributed by atoms with Gasteiger partial charge < -0.3 is 15.3 Å². The summed E-state index contributed by atoms with van der Waals surface area (Å²) in [6.45, 7) is 5.74. The van der Waals surface area contributed by atoms with Gasteiger partial charge in [-0.15, -0.1) is 6.58 Å². The Morgan fingerprint density at radius 2 is 1.87 bits per heavy atom. The van der Waals surface area contributed by atoms with Gasteiger partial charge in [-0.3, -0.25) is 10.1 Å². The number of nitro benzene ring substituents is 1. The van der Waals surface area contributed by atoms with E-state index >= 15 is 0 Å². The largest absolute Gasteiger partial charge is 0.505 e. The highest BCUT2D eigenvalue weighted by molar-refractivity contribution is 5.54. The number of hydrogen-bond donors (Lipinski definition) is 3. The minimum absolute atomic E-state index is 0.0772. The summed E-state index contributed by atoms with van der Waals surface area (Å²) in [7, 11) is 0. The number of halogens is 1. The van der Waals surface area contributed by atoms with Crippen LogP contribution >= 0.6 is 0 Å². The molecule has 0 aliphatic heterocycles. The van der Waals surface area contributed by atoms with Crippen LogP contribution in [0.15, 0.2) is 60.7 Å². The molecule has 166 valence electrons. The number of rotatable bonds is 11. The van der Waals surface area contributed by atoms with E-state index in [0.717, 1.165) is 18.4 Å². The number of aliphatic hydroxyl groups excluding tert-OH is 2. The Balaban J connectivity index is 2.09. The summed E-state index contributed by atoms with van der Waals surface area (Å²) in [5.74, 6) is -1.75. The summed E-state index contributed by atoms with van der Waals surface area (Å²) in [6, 6.07) is 9.73. The van der Waals surface area contributed by atoms with Crippen molar-refractivity contribution in [3.63, 3.8) is 0 Å². The van der Waals surface area contributed by atoms with E-state index in [4.69, 9.17) is 0 Å². The molecule has 0 radical (unpaired) electrons. The maximum absolute atomic E-state index is 13.6. The zero-order valence-electron chi connectivity index (χ0n) is 17.4. The van der Waals surface area contributed by atoms with Crippen LogP contribution in [0.25, 0.3) is 6.08 Å². The van der Waals surface area contributed by atoms with Crippen molar-refractivity contribution in [2.45, 2.75) is 44.8 Å². The fraction of sp³-hybridized carbons (Fsp3) is 0.333. The van der Waals surface area contributed by atoms with Crippen LogP contribution in [-0.4, -0.2) is 26.3 Å². The number of benzene rings is 2. The van der Waals surface area contributed by atoms with Crippen LogP contribution in [-0.2, 0) is 0 Å². The lowest BCUT2D eigenvalue weighted by atomic mass is 9.87. The van der Waals surface area contributed by atoms with Crippen molar-refractivity contribution in [2.75, 3.05) is 0 Å². The molecule has 0 saturated carbocycles. The standard InChI is InChI=1S/C24H28FNO5/c1-3-5-16(14-17-7-13-23(28)21(25)15-17)6-12-22(27)20(4-2)24(29)18-8-10-19(11-9-18)26(30)31/h4,7-11,13-15,20,22,24,27-29H,2-3,5-6,12H2,1H3/b16-14+/t20-,22-,24-/m1/s1. The summed E-state index contributed by atoms with van der Waals surface area (Å²) in [5.41, 5.74) is 2.02. The van der Waals surface area contributed by atoms with Crippen LogP contribution in [0.2, 0.25) is 0 Å². The van der Waals surface area contributed by atoms with Gasteiger partial charge in [-0.2, -0.15) is 0 Å². The van der Waals surface area contributed by atoms with E-state index in [1.165, 1.54) is 42.5 Å². The molecule has 0 aromatic heterocycles. The third-order valence-corrected chi connectivity index (χ3v) is 5.20. The first-order valence-electron chi connectivity index (χ1n) is 10.2. The summed E-state index contributed by atoms with van der Waals surface area (Å²) in [5, 5.41) is 41.5. The van der Waals surface area contributed by atoms with E-state index < -0.39 is 34.6 Å².